The topological polar surface area (TPSA) is 0 Å². The Morgan fingerprint density at radius 2 is 0.558 bits per heavy atom. The van der Waals surface area contributed by atoms with Crippen LogP contribution < -0.4 is 24.8 Å². The molecule has 0 saturated carbocycles. The quantitative estimate of drug-likeness (QED) is 0.320. The maximum atomic E-state index is 2.58. The fourth-order valence-corrected chi connectivity index (χ4v) is 16.5. The van der Waals surface area contributed by atoms with Gasteiger partial charge in [0.15, 0.2) is 0 Å². The zero-order valence-corrected chi connectivity index (χ0v) is 40.1. The van der Waals surface area contributed by atoms with Gasteiger partial charge in [0.1, 0.15) is 0 Å². The van der Waals surface area contributed by atoms with Crippen molar-refractivity contribution in [2.75, 3.05) is 0 Å². The maximum Gasteiger partial charge on any atom is 2.00 e. The number of halogens is 2. The normalized spacial score (nSPS) is 18.6. The molecule has 0 spiro atoms. The summed E-state index contributed by atoms with van der Waals surface area (Å²) in [7, 11) is -6.18. The van der Waals surface area contributed by atoms with E-state index in [0.717, 1.165) is 0 Å². The van der Waals surface area contributed by atoms with Crippen molar-refractivity contribution in [1.82, 2.24) is 0 Å². The van der Waals surface area contributed by atoms with Crippen molar-refractivity contribution in [1.29, 1.82) is 0 Å². The standard InChI is InChI=1S/2C17H30Si3.2ClH.Zr/c2*1-18(14-8-10-16(12-14)19(2,3)4)15-9-11-17(13-15)20(5,6)7;;;/h2*10-13,18H,8-9H2,1-7H3;2*1H;/q;;;;+2/p-2. The van der Waals surface area contributed by atoms with Crippen LogP contribution in [0.5, 0.6) is 0 Å². The molecule has 0 aromatic rings. The van der Waals surface area contributed by atoms with Gasteiger partial charge in [0, 0.05) is 0 Å². The van der Waals surface area contributed by atoms with E-state index < -0.39 is 49.9 Å². The summed E-state index contributed by atoms with van der Waals surface area (Å²) in [5.41, 5.74) is 0. The summed E-state index contributed by atoms with van der Waals surface area (Å²) in [6.07, 6.45) is 25.4. The summed E-state index contributed by atoms with van der Waals surface area (Å²) in [6, 6.07) is 0. The Labute approximate surface area is 305 Å². The van der Waals surface area contributed by atoms with Gasteiger partial charge in [-0.2, -0.15) is 0 Å². The van der Waals surface area contributed by atoms with Crippen LogP contribution >= 0.6 is 0 Å². The predicted molar refractivity (Wildman–Crippen MR) is 203 cm³/mol. The van der Waals surface area contributed by atoms with Crippen molar-refractivity contribution in [3.8, 4) is 0 Å². The molecule has 4 aliphatic rings. The second kappa shape index (κ2) is 16.7. The van der Waals surface area contributed by atoms with Crippen molar-refractivity contribution in [3.63, 3.8) is 0 Å². The van der Waals surface area contributed by atoms with Crippen molar-refractivity contribution in [2.45, 2.75) is 117 Å². The summed E-state index contributed by atoms with van der Waals surface area (Å²) >= 11 is 0. The largest absolute Gasteiger partial charge is 2.00 e. The second-order valence-corrected chi connectivity index (χ2v) is 42.9. The molecule has 0 unspecified atom stereocenters. The molecule has 0 radical (unpaired) electrons. The van der Waals surface area contributed by atoms with Crippen molar-refractivity contribution >= 4 is 49.9 Å². The van der Waals surface area contributed by atoms with E-state index >= 15 is 0 Å². The third kappa shape index (κ3) is 12.0. The van der Waals surface area contributed by atoms with E-state index in [0.29, 0.717) is 0 Å². The Hall–Kier alpha value is 0.684. The summed E-state index contributed by atoms with van der Waals surface area (Å²) in [6.45, 7) is 34.6. The van der Waals surface area contributed by atoms with E-state index in [9.17, 15) is 0 Å². The predicted octanol–water partition coefficient (Wildman–Crippen LogP) is 4.38. The molecule has 238 valence electrons. The first kappa shape index (κ1) is 43.7. The zero-order valence-electron chi connectivity index (χ0n) is 29.9. The minimum absolute atomic E-state index is 0. The Morgan fingerprint density at radius 1 is 0.395 bits per heavy atom. The van der Waals surface area contributed by atoms with Gasteiger partial charge in [-0.3, -0.25) is 0 Å². The van der Waals surface area contributed by atoms with Crippen LogP contribution in [0.25, 0.3) is 0 Å². The first-order valence-electron chi connectivity index (χ1n) is 15.8. The fraction of sp³-hybridized carbons (Fsp3) is 0.529. The summed E-state index contributed by atoms with van der Waals surface area (Å²) < 4.78 is 0. The zero-order chi connectivity index (χ0) is 30.3. The van der Waals surface area contributed by atoms with E-state index in [4.69, 9.17) is 0 Å². The Bertz CT molecular complexity index is 1060. The van der Waals surface area contributed by atoms with Crippen LogP contribution in [0.4, 0.5) is 0 Å². The molecule has 0 aromatic carbocycles. The van der Waals surface area contributed by atoms with Crippen LogP contribution in [-0.2, 0) is 26.2 Å². The molecule has 0 aliphatic heterocycles. The number of rotatable bonds is 8. The van der Waals surface area contributed by atoms with Crippen LogP contribution in [-0.4, -0.2) is 49.9 Å². The van der Waals surface area contributed by atoms with Gasteiger partial charge >= 0.3 is 26.2 Å². The van der Waals surface area contributed by atoms with Crippen molar-refractivity contribution < 1.29 is 51.0 Å². The number of hydrogen-bond donors (Lipinski definition) is 0. The van der Waals surface area contributed by atoms with Crippen LogP contribution in [0.2, 0.25) is 91.7 Å². The van der Waals surface area contributed by atoms with Crippen LogP contribution in [0.15, 0.2) is 90.2 Å². The fourth-order valence-electron chi connectivity index (χ4n) is 5.96. The Morgan fingerprint density at radius 3 is 0.674 bits per heavy atom. The van der Waals surface area contributed by atoms with Gasteiger partial charge in [-0.25, -0.2) is 0 Å². The van der Waals surface area contributed by atoms with Gasteiger partial charge in [0.05, 0.1) is 49.9 Å². The molecular formula is C34H60Cl2Si6Zr. The average molecular weight is 800 g/mol. The molecule has 9 heteroatoms. The molecule has 4 aliphatic carbocycles. The second-order valence-electron chi connectivity index (χ2n) is 16.8. The first-order chi connectivity index (χ1) is 18.2. The smallest absolute Gasteiger partial charge is 1.00 e. The van der Waals surface area contributed by atoms with Gasteiger partial charge < -0.3 is 24.8 Å². The molecule has 0 saturated heterocycles. The van der Waals surface area contributed by atoms with Crippen molar-refractivity contribution in [2.24, 2.45) is 0 Å². The average Bonchev–Trinajstić information content (AvgIpc) is 3.61. The molecule has 0 N–H and O–H groups in total. The molecule has 4 rings (SSSR count). The SMILES string of the molecule is C[SiH](C1=CC([Si](C)(C)C)=CC1)C1=CC([Si](C)(C)C)=CC1.C[SiH](C1=CC([Si](C)(C)C)=CC1)C1=CC([Si](C)(C)C)=CC1.[Cl-].[Cl-].[Zr+2]. The van der Waals surface area contributed by atoms with E-state index in [2.05, 4.69) is 140 Å². The van der Waals surface area contributed by atoms with Gasteiger partial charge in [-0.05, 0) is 25.7 Å². The van der Waals surface area contributed by atoms with E-state index in [-0.39, 0.29) is 51.0 Å². The van der Waals surface area contributed by atoms with Crippen LogP contribution in [0, 0.1) is 0 Å². The van der Waals surface area contributed by atoms with E-state index in [1.807, 2.05) is 0 Å². The molecular weight excluding hydrogens is 739 g/mol. The van der Waals surface area contributed by atoms with Crippen molar-refractivity contribution in [3.05, 3.63) is 90.2 Å². The molecule has 0 nitrogen and oxygen atoms in total. The maximum absolute atomic E-state index is 2.58. The Kier molecular flexibility index (Phi) is 16.9. The summed E-state index contributed by atoms with van der Waals surface area (Å²) in [4.78, 5) is 0. The third-order valence-corrected chi connectivity index (χ3v) is 23.7. The summed E-state index contributed by atoms with van der Waals surface area (Å²) in [5, 5.41) is 13.8. The first-order valence-corrected chi connectivity index (χ1v) is 34.4. The van der Waals surface area contributed by atoms with Gasteiger partial charge in [-0.15, -0.1) is 0 Å². The number of allylic oxidation sites excluding steroid dienone is 16. The third-order valence-electron chi connectivity index (χ3n) is 9.28. The molecule has 0 aromatic heterocycles. The monoisotopic (exact) mass is 796 g/mol. The Balaban J connectivity index is 0.000000767. The molecule has 0 fully saturated rings. The number of hydrogen-bond acceptors (Lipinski definition) is 0. The minimum Gasteiger partial charge on any atom is -1.00 e. The van der Waals surface area contributed by atoms with Gasteiger partial charge in [0.25, 0.3) is 0 Å². The molecule has 43 heavy (non-hydrogen) atoms. The van der Waals surface area contributed by atoms with Gasteiger partial charge in [-0.1, -0.05) is 182 Å². The van der Waals surface area contributed by atoms with E-state index in [1.54, 1.807) is 41.6 Å². The molecule has 0 atom stereocenters. The minimum atomic E-state index is -1.11. The molecule has 0 bridgehead atoms. The van der Waals surface area contributed by atoms with E-state index in [1.165, 1.54) is 25.7 Å². The van der Waals surface area contributed by atoms with Gasteiger partial charge in [0.2, 0.25) is 0 Å². The summed E-state index contributed by atoms with van der Waals surface area (Å²) in [5.74, 6) is 0. The van der Waals surface area contributed by atoms with Crippen LogP contribution in [0.3, 0.4) is 0 Å². The molecule has 0 amide bonds. The molecule has 0 heterocycles. The van der Waals surface area contributed by atoms with Crippen LogP contribution in [0.1, 0.15) is 25.7 Å².